The molecule has 2 aromatic rings. The van der Waals surface area contributed by atoms with Gasteiger partial charge in [0.2, 0.25) is 12.3 Å². The van der Waals surface area contributed by atoms with E-state index >= 15 is 0 Å². The van der Waals surface area contributed by atoms with Gasteiger partial charge in [-0.15, -0.1) is 10.2 Å². The summed E-state index contributed by atoms with van der Waals surface area (Å²) in [5.74, 6) is 0.853. The minimum atomic E-state index is -0.309. The summed E-state index contributed by atoms with van der Waals surface area (Å²) in [5, 5.41) is 13.7. The molecule has 1 aliphatic carbocycles. The number of amides is 2. The molecule has 2 aliphatic rings. The molecule has 4 rings (SSSR count). The number of carbonyl (C=O) groups excluding carboxylic acids is 2. The number of aryl methyl sites for hydroxylation is 1. The second kappa shape index (κ2) is 10.7. The minimum Gasteiger partial charge on any atom is -0.332 e. The Hall–Kier alpha value is -2.81. The highest BCUT2D eigenvalue weighted by molar-refractivity contribution is 5.80. The molecule has 0 unspecified atom stereocenters. The number of carbonyl (C=O) groups is 2. The van der Waals surface area contributed by atoms with Crippen molar-refractivity contribution in [3.8, 4) is 0 Å². The molecule has 2 fully saturated rings. The Kier molecular flexibility index (Phi) is 7.47. The predicted octanol–water partition coefficient (Wildman–Crippen LogP) is 2.66. The van der Waals surface area contributed by atoms with Crippen LogP contribution in [0.5, 0.6) is 0 Å². The highest BCUT2D eigenvalue weighted by Crippen LogP contribution is 2.35. The van der Waals surface area contributed by atoms with Crippen LogP contribution in [0.4, 0.5) is 0 Å². The molecule has 0 N–H and O–H groups in total. The Morgan fingerprint density at radius 3 is 2.69 bits per heavy atom. The molecule has 172 valence electrons. The van der Waals surface area contributed by atoms with Crippen molar-refractivity contribution >= 4 is 12.3 Å². The first kappa shape index (κ1) is 22.4. The SMILES string of the molecule is Cn1nnc([C@@H]2CCCN2C(=O)[C@H](CC2CCCC2)CN(C=O)OCc2ccccc2)n1. The fraction of sp³-hybridized carbons (Fsp3) is 0.609. The first-order valence-electron chi connectivity index (χ1n) is 11.6. The van der Waals surface area contributed by atoms with Gasteiger partial charge in [0.25, 0.3) is 0 Å². The summed E-state index contributed by atoms with van der Waals surface area (Å²) in [4.78, 5) is 34.5. The van der Waals surface area contributed by atoms with Crippen LogP contribution in [-0.4, -0.2) is 55.6 Å². The molecule has 2 heterocycles. The molecule has 1 aromatic carbocycles. The zero-order valence-corrected chi connectivity index (χ0v) is 18.7. The first-order chi connectivity index (χ1) is 15.6. The Morgan fingerprint density at radius 1 is 1.22 bits per heavy atom. The van der Waals surface area contributed by atoms with E-state index in [9.17, 15) is 9.59 Å². The van der Waals surface area contributed by atoms with Crippen LogP contribution in [0.1, 0.15) is 62.4 Å². The monoisotopic (exact) mass is 440 g/mol. The number of likely N-dealkylation sites (tertiary alicyclic amines) is 1. The second-order valence-electron chi connectivity index (χ2n) is 8.87. The van der Waals surface area contributed by atoms with Crippen LogP contribution in [0.25, 0.3) is 0 Å². The van der Waals surface area contributed by atoms with Crippen LogP contribution in [0.3, 0.4) is 0 Å². The van der Waals surface area contributed by atoms with Crippen molar-refractivity contribution in [3.05, 3.63) is 41.7 Å². The molecule has 1 saturated heterocycles. The van der Waals surface area contributed by atoms with Crippen LogP contribution in [0.2, 0.25) is 0 Å². The summed E-state index contributed by atoms with van der Waals surface area (Å²) in [5.41, 5.74) is 0.978. The summed E-state index contributed by atoms with van der Waals surface area (Å²) in [6.45, 7) is 1.22. The number of rotatable bonds is 10. The molecule has 0 radical (unpaired) electrons. The lowest BCUT2D eigenvalue weighted by atomic mass is 9.91. The van der Waals surface area contributed by atoms with Gasteiger partial charge in [0.15, 0.2) is 5.82 Å². The number of nitrogens with zero attached hydrogens (tertiary/aromatic N) is 6. The number of hydrogen-bond donors (Lipinski definition) is 0. The number of tetrazole rings is 1. The zero-order chi connectivity index (χ0) is 22.3. The quantitative estimate of drug-likeness (QED) is 0.417. The highest BCUT2D eigenvalue weighted by atomic mass is 16.7. The summed E-state index contributed by atoms with van der Waals surface area (Å²) in [6.07, 6.45) is 7.91. The van der Waals surface area contributed by atoms with E-state index in [-0.39, 0.29) is 24.4 Å². The van der Waals surface area contributed by atoms with E-state index in [4.69, 9.17) is 4.84 Å². The van der Waals surface area contributed by atoms with E-state index < -0.39 is 0 Å². The fourth-order valence-electron chi connectivity index (χ4n) is 4.94. The molecule has 2 amide bonds. The third kappa shape index (κ3) is 5.51. The van der Waals surface area contributed by atoms with Gasteiger partial charge in [-0.1, -0.05) is 56.0 Å². The Bertz CT molecular complexity index is 883. The Morgan fingerprint density at radius 2 is 2.00 bits per heavy atom. The van der Waals surface area contributed by atoms with E-state index in [1.807, 2.05) is 35.2 Å². The summed E-state index contributed by atoms with van der Waals surface area (Å²) in [7, 11) is 1.73. The number of aromatic nitrogens is 4. The molecule has 0 bridgehead atoms. The smallest absolute Gasteiger partial charge is 0.233 e. The van der Waals surface area contributed by atoms with Crippen molar-refractivity contribution in [2.45, 2.75) is 57.6 Å². The average Bonchev–Trinajstić information content (AvgIpc) is 3.58. The maximum Gasteiger partial charge on any atom is 0.233 e. The van der Waals surface area contributed by atoms with Crippen LogP contribution >= 0.6 is 0 Å². The Balaban J connectivity index is 1.46. The lowest BCUT2D eigenvalue weighted by Crippen LogP contribution is -2.42. The third-order valence-electron chi connectivity index (χ3n) is 6.56. The topological polar surface area (TPSA) is 93.5 Å². The van der Waals surface area contributed by atoms with Crippen molar-refractivity contribution in [3.63, 3.8) is 0 Å². The van der Waals surface area contributed by atoms with E-state index in [2.05, 4.69) is 15.4 Å². The van der Waals surface area contributed by atoms with Crippen molar-refractivity contribution in [2.24, 2.45) is 18.9 Å². The second-order valence-corrected chi connectivity index (χ2v) is 8.87. The van der Waals surface area contributed by atoms with Gasteiger partial charge in [-0.25, -0.2) is 5.06 Å². The van der Waals surface area contributed by atoms with E-state index in [1.54, 1.807) is 7.05 Å². The molecule has 0 spiro atoms. The molecule has 9 nitrogen and oxygen atoms in total. The zero-order valence-electron chi connectivity index (χ0n) is 18.7. The maximum absolute atomic E-state index is 13.7. The summed E-state index contributed by atoms with van der Waals surface area (Å²) in [6, 6.07) is 9.56. The van der Waals surface area contributed by atoms with Crippen molar-refractivity contribution in [1.29, 1.82) is 0 Å². The van der Waals surface area contributed by atoms with Crippen LogP contribution in [0.15, 0.2) is 30.3 Å². The van der Waals surface area contributed by atoms with Crippen LogP contribution in [0, 0.1) is 11.8 Å². The van der Waals surface area contributed by atoms with E-state index in [0.29, 0.717) is 31.3 Å². The average molecular weight is 441 g/mol. The summed E-state index contributed by atoms with van der Waals surface area (Å²) < 4.78 is 0. The number of benzene rings is 1. The maximum atomic E-state index is 13.7. The van der Waals surface area contributed by atoms with Gasteiger partial charge in [0.1, 0.15) is 6.61 Å². The fourth-order valence-corrected chi connectivity index (χ4v) is 4.94. The van der Waals surface area contributed by atoms with Crippen LogP contribution < -0.4 is 0 Å². The molecular weight excluding hydrogens is 408 g/mol. The van der Waals surface area contributed by atoms with Gasteiger partial charge in [0, 0.05) is 6.54 Å². The predicted molar refractivity (Wildman–Crippen MR) is 117 cm³/mol. The van der Waals surface area contributed by atoms with Gasteiger partial charge in [-0.2, -0.15) is 4.80 Å². The van der Waals surface area contributed by atoms with Gasteiger partial charge >= 0.3 is 0 Å². The lowest BCUT2D eigenvalue weighted by molar-refractivity contribution is -0.183. The van der Waals surface area contributed by atoms with Crippen molar-refractivity contribution < 1.29 is 14.4 Å². The minimum absolute atomic E-state index is 0.0574. The van der Waals surface area contributed by atoms with Crippen molar-refractivity contribution in [1.82, 2.24) is 30.2 Å². The summed E-state index contributed by atoms with van der Waals surface area (Å²) >= 11 is 0. The molecule has 1 saturated carbocycles. The standard InChI is InChI=1S/C23H32N6O3/c1-27-25-22(24-26-27)21-12-7-13-29(21)23(31)20(14-18-8-5-6-9-18)15-28(17-30)32-16-19-10-3-2-4-11-19/h2-4,10-11,17-18,20-21H,5-9,12-16H2,1H3/t20-,21+/m1/s1. The van der Waals surface area contributed by atoms with Crippen molar-refractivity contribution in [2.75, 3.05) is 13.1 Å². The van der Waals surface area contributed by atoms with Crippen LogP contribution in [-0.2, 0) is 28.1 Å². The molecule has 1 aromatic heterocycles. The van der Waals surface area contributed by atoms with Gasteiger partial charge in [0.05, 0.1) is 25.6 Å². The Labute approximate surface area is 188 Å². The molecule has 9 heteroatoms. The van der Waals surface area contributed by atoms with E-state index in [1.165, 1.54) is 22.7 Å². The highest BCUT2D eigenvalue weighted by Gasteiger charge is 2.38. The first-order valence-corrected chi connectivity index (χ1v) is 11.6. The normalized spacial score (nSPS) is 19.9. The third-order valence-corrected chi connectivity index (χ3v) is 6.56. The number of hydrogen-bond acceptors (Lipinski definition) is 6. The molecule has 2 atom stereocenters. The van der Waals surface area contributed by atoms with Gasteiger partial charge in [-0.3, -0.25) is 14.4 Å². The van der Waals surface area contributed by atoms with Gasteiger partial charge in [-0.05, 0) is 36.0 Å². The number of hydroxylamine groups is 2. The lowest BCUT2D eigenvalue weighted by Gasteiger charge is -2.30. The van der Waals surface area contributed by atoms with E-state index in [0.717, 1.165) is 37.7 Å². The molecule has 1 aliphatic heterocycles. The molecular formula is C23H32N6O3. The molecule has 32 heavy (non-hydrogen) atoms. The van der Waals surface area contributed by atoms with Gasteiger partial charge < -0.3 is 4.90 Å². The largest absolute Gasteiger partial charge is 0.332 e.